The number of benzene rings is 2. The van der Waals surface area contributed by atoms with Crippen LogP contribution in [0.2, 0.25) is 0 Å². The van der Waals surface area contributed by atoms with E-state index >= 15 is 0 Å². The van der Waals surface area contributed by atoms with E-state index in [1.54, 1.807) is 6.92 Å². The van der Waals surface area contributed by atoms with Gasteiger partial charge in [0.1, 0.15) is 5.76 Å². The van der Waals surface area contributed by atoms with E-state index in [1.165, 1.54) is 22.3 Å². The number of H-pyrrole nitrogens is 1. The second-order valence-corrected chi connectivity index (χ2v) is 13.3. The first-order valence-corrected chi connectivity index (χ1v) is 15.6. The Kier molecular flexibility index (Phi) is 6.74. The quantitative estimate of drug-likeness (QED) is 0.287. The zero-order chi connectivity index (χ0) is 31.6. The van der Waals surface area contributed by atoms with Crippen LogP contribution < -0.4 is 0 Å². The molecule has 0 aliphatic carbocycles. The molecule has 0 spiro atoms. The molecule has 8 bridgehead atoms. The van der Waals surface area contributed by atoms with Gasteiger partial charge in [-0.2, -0.15) is 0 Å². The van der Waals surface area contributed by atoms with Gasteiger partial charge >= 0.3 is 0 Å². The summed E-state index contributed by atoms with van der Waals surface area (Å²) in [4.78, 5) is 19.3. The van der Waals surface area contributed by atoms with Crippen LogP contribution in [0.5, 0.6) is 0 Å². The number of allylic oxidation sites excluding steroid dienone is 8. The molecule has 2 aromatic carbocycles. The maximum atomic E-state index is 11.0. The molecule has 4 aliphatic heterocycles. The lowest BCUT2D eigenvalue weighted by Crippen LogP contribution is -2.16. The van der Waals surface area contributed by atoms with E-state index in [2.05, 4.69) is 119 Å². The molecule has 0 amide bonds. The highest BCUT2D eigenvalue weighted by Gasteiger charge is 2.36. The van der Waals surface area contributed by atoms with Crippen molar-refractivity contribution in [1.82, 2.24) is 4.98 Å². The van der Waals surface area contributed by atoms with E-state index in [9.17, 15) is 5.11 Å². The molecule has 0 saturated carbocycles. The van der Waals surface area contributed by atoms with E-state index in [1.807, 2.05) is 6.08 Å². The molecule has 0 atom stereocenters. The fourth-order valence-electron chi connectivity index (χ4n) is 6.95. The van der Waals surface area contributed by atoms with Crippen LogP contribution in [0.4, 0.5) is 0 Å². The van der Waals surface area contributed by atoms with E-state index in [0.717, 1.165) is 62.2 Å². The van der Waals surface area contributed by atoms with Gasteiger partial charge in [-0.3, -0.25) is 4.99 Å². The fourth-order valence-corrected chi connectivity index (χ4v) is 6.95. The molecule has 0 unspecified atom stereocenters. The van der Waals surface area contributed by atoms with Gasteiger partial charge in [-0.1, -0.05) is 61.4 Å². The number of aromatic amines is 1. The summed E-state index contributed by atoms with van der Waals surface area (Å²) in [7, 11) is 0. The van der Waals surface area contributed by atoms with Crippen LogP contribution in [0, 0.1) is 33.1 Å². The van der Waals surface area contributed by atoms with Gasteiger partial charge < -0.3 is 10.1 Å². The number of hydrogen-bond donors (Lipinski definition) is 2. The van der Waals surface area contributed by atoms with Crippen LogP contribution in [0.3, 0.4) is 0 Å². The summed E-state index contributed by atoms with van der Waals surface area (Å²) < 4.78 is 0. The molecular weight excluding hydrogens is 552 g/mol. The molecule has 1 aromatic heterocycles. The Hall–Kier alpha value is -5.03. The third-order valence-electron chi connectivity index (χ3n) is 9.05. The van der Waals surface area contributed by atoms with Crippen molar-refractivity contribution in [3.63, 3.8) is 0 Å². The van der Waals surface area contributed by atoms with Gasteiger partial charge in [0.2, 0.25) is 0 Å². The first kappa shape index (κ1) is 28.7. The number of nitrogens with zero attached hydrogens (tertiary/aromatic N) is 3. The predicted octanol–water partition coefficient (Wildman–Crippen LogP) is 9.50. The normalized spacial score (nSPS) is 19.6. The lowest BCUT2D eigenvalue weighted by Gasteiger charge is -2.18. The molecule has 5 heteroatoms. The maximum Gasteiger partial charge on any atom is 0.100 e. The van der Waals surface area contributed by atoms with Gasteiger partial charge in [-0.25, -0.2) is 9.98 Å². The largest absolute Gasteiger partial charge is 0.512 e. The SMILES string of the molecule is C/C(O)=C1\C2=NC(=C(c3c(C)cc(C)cc3C)C3=NC(=C(c4ccc(C)cc4)c4ccc([nH]4)C=C4N=C1CC4(C)C)C=C3)C=C2. The average molecular weight is 591 g/mol. The number of aryl methyl sites for hydroxylation is 4. The van der Waals surface area contributed by atoms with Crippen molar-refractivity contribution in [2.45, 2.75) is 54.9 Å². The Bertz CT molecular complexity index is 2050. The van der Waals surface area contributed by atoms with Crippen LogP contribution in [-0.4, -0.2) is 27.2 Å². The van der Waals surface area contributed by atoms with Crippen LogP contribution in [0.25, 0.3) is 17.2 Å². The molecule has 7 rings (SSSR count). The molecule has 3 aromatic rings. The van der Waals surface area contributed by atoms with E-state index in [4.69, 9.17) is 15.0 Å². The molecule has 0 saturated heterocycles. The smallest absolute Gasteiger partial charge is 0.100 e. The Morgan fingerprint density at radius 1 is 0.756 bits per heavy atom. The molecule has 2 N–H and O–H groups in total. The van der Waals surface area contributed by atoms with Crippen molar-refractivity contribution >= 4 is 34.4 Å². The minimum atomic E-state index is -0.219. The molecule has 4 aliphatic rings. The summed E-state index contributed by atoms with van der Waals surface area (Å²) in [5, 5.41) is 11.0. The van der Waals surface area contributed by atoms with Crippen LogP contribution in [0.15, 0.2) is 116 Å². The highest BCUT2D eigenvalue weighted by molar-refractivity contribution is 6.35. The van der Waals surface area contributed by atoms with Gasteiger partial charge in [0.05, 0.1) is 34.1 Å². The number of aromatic nitrogens is 1. The monoisotopic (exact) mass is 590 g/mol. The van der Waals surface area contributed by atoms with Crippen LogP contribution >= 0.6 is 0 Å². The second-order valence-electron chi connectivity index (χ2n) is 13.3. The van der Waals surface area contributed by atoms with Gasteiger partial charge in [0.15, 0.2) is 0 Å². The van der Waals surface area contributed by atoms with Gasteiger partial charge in [-0.15, -0.1) is 0 Å². The van der Waals surface area contributed by atoms with E-state index < -0.39 is 0 Å². The summed E-state index contributed by atoms with van der Waals surface area (Å²) in [5.74, 6) is 0.217. The van der Waals surface area contributed by atoms with Crippen LogP contribution in [0.1, 0.15) is 72.0 Å². The van der Waals surface area contributed by atoms with E-state index in [0.29, 0.717) is 17.7 Å². The summed E-state index contributed by atoms with van der Waals surface area (Å²) in [5.41, 5.74) is 16.6. The fraction of sp³-hybridized carbons (Fsp3) is 0.225. The minimum Gasteiger partial charge on any atom is -0.512 e. The number of fused-ring (bicyclic) bond motifs is 5. The standard InChI is InChI=1S/C40H38N4O/c1-22-8-10-27(11-9-22)38-30-13-12-28(41-30)20-35-40(6,7)21-34(44-35)37(26(5)45)29-14-16-32(42-29)39(33-17-15-31(38)43-33)36-24(3)18-23(2)19-25(36)4/h8-20,41,45H,21H2,1-7H3/b35-20?,37-26-,38-31?,39-32?. The van der Waals surface area contributed by atoms with Gasteiger partial charge in [0.25, 0.3) is 0 Å². The number of aliphatic hydroxyl groups excluding tert-OH is 1. The highest BCUT2D eigenvalue weighted by atomic mass is 16.3. The zero-order valence-corrected chi connectivity index (χ0v) is 27.0. The first-order valence-electron chi connectivity index (χ1n) is 15.6. The Balaban J connectivity index is 1.57. The van der Waals surface area contributed by atoms with Crippen molar-refractivity contribution in [3.8, 4) is 0 Å². The molecule has 45 heavy (non-hydrogen) atoms. The summed E-state index contributed by atoms with van der Waals surface area (Å²) in [6, 6.07) is 17.3. The molecule has 0 radical (unpaired) electrons. The highest BCUT2D eigenvalue weighted by Crippen LogP contribution is 2.42. The Morgan fingerprint density at radius 3 is 2.09 bits per heavy atom. The van der Waals surface area contributed by atoms with Gasteiger partial charge in [-0.05, 0) is 99.4 Å². The maximum absolute atomic E-state index is 11.0. The Morgan fingerprint density at radius 2 is 1.40 bits per heavy atom. The number of nitrogens with one attached hydrogen (secondary N) is 1. The molecule has 224 valence electrons. The second kappa shape index (κ2) is 10.6. The van der Waals surface area contributed by atoms with E-state index in [-0.39, 0.29) is 11.2 Å². The molecular formula is C40H38N4O. The minimum absolute atomic E-state index is 0.217. The lowest BCUT2D eigenvalue weighted by molar-refractivity contribution is 0.412. The van der Waals surface area contributed by atoms with Gasteiger partial charge in [0, 0.05) is 40.1 Å². The molecule has 5 heterocycles. The lowest BCUT2D eigenvalue weighted by atomic mass is 9.84. The number of aliphatic hydroxyl groups is 1. The summed E-state index contributed by atoms with van der Waals surface area (Å²) in [6.45, 7) is 14.7. The third kappa shape index (κ3) is 5.02. The molecule has 0 fully saturated rings. The van der Waals surface area contributed by atoms with Crippen molar-refractivity contribution in [1.29, 1.82) is 0 Å². The van der Waals surface area contributed by atoms with Crippen molar-refractivity contribution in [2.24, 2.45) is 20.4 Å². The summed E-state index contributed by atoms with van der Waals surface area (Å²) >= 11 is 0. The topological polar surface area (TPSA) is 73.1 Å². The zero-order valence-electron chi connectivity index (χ0n) is 27.0. The third-order valence-corrected chi connectivity index (χ3v) is 9.05. The number of hydrogen-bond acceptors (Lipinski definition) is 4. The van der Waals surface area contributed by atoms with Crippen LogP contribution in [-0.2, 0) is 0 Å². The van der Waals surface area contributed by atoms with Crippen molar-refractivity contribution < 1.29 is 5.11 Å². The van der Waals surface area contributed by atoms with Crippen molar-refractivity contribution in [3.05, 3.63) is 146 Å². The number of aliphatic imine (C=N–C) groups is 3. The molecule has 5 nitrogen and oxygen atoms in total. The predicted molar refractivity (Wildman–Crippen MR) is 188 cm³/mol. The van der Waals surface area contributed by atoms with Crippen molar-refractivity contribution in [2.75, 3.05) is 0 Å². The summed E-state index contributed by atoms with van der Waals surface area (Å²) in [6.07, 6.45) is 11.1. The number of rotatable bonds is 2. The Labute approximate surface area is 265 Å². The first-order chi connectivity index (χ1) is 21.5. The average Bonchev–Trinajstić information content (AvgIpc) is 3.76.